The van der Waals surface area contributed by atoms with E-state index in [0.29, 0.717) is 24.9 Å². The van der Waals surface area contributed by atoms with Crippen molar-refractivity contribution in [1.29, 1.82) is 0 Å². The van der Waals surface area contributed by atoms with Crippen molar-refractivity contribution in [2.45, 2.75) is 44.5 Å². The molecule has 2 aliphatic rings. The van der Waals surface area contributed by atoms with Crippen LogP contribution < -0.4 is 10.9 Å². The maximum absolute atomic E-state index is 13.1. The molecule has 32 heavy (non-hydrogen) atoms. The molecule has 2 aromatic rings. The van der Waals surface area contributed by atoms with Crippen LogP contribution in [0.3, 0.4) is 0 Å². The van der Waals surface area contributed by atoms with Crippen LogP contribution in [0.2, 0.25) is 0 Å². The molecule has 2 heterocycles. The Hall–Kier alpha value is -2.94. The van der Waals surface area contributed by atoms with Gasteiger partial charge in [0.2, 0.25) is 0 Å². The summed E-state index contributed by atoms with van der Waals surface area (Å²) < 4.78 is 24.7. The van der Waals surface area contributed by atoms with Crippen LogP contribution in [0.5, 0.6) is 0 Å². The van der Waals surface area contributed by atoms with Crippen LogP contribution in [-0.4, -0.2) is 53.8 Å². The summed E-state index contributed by atoms with van der Waals surface area (Å²) in [6.45, 7) is 4.55. The van der Waals surface area contributed by atoms with Gasteiger partial charge in [-0.2, -0.15) is 0 Å². The highest BCUT2D eigenvalue weighted by atomic mass is 32.2. The van der Waals surface area contributed by atoms with Crippen molar-refractivity contribution in [3.63, 3.8) is 0 Å². The lowest BCUT2D eigenvalue weighted by Crippen LogP contribution is -2.50. The molecule has 1 aliphatic heterocycles. The summed E-state index contributed by atoms with van der Waals surface area (Å²) in [5.41, 5.74) is 2.26. The molecule has 8 nitrogen and oxygen atoms in total. The molecule has 1 N–H and O–H groups in total. The largest absolute Gasteiger partial charge is 0.348 e. The Morgan fingerprint density at radius 3 is 2.34 bits per heavy atom. The van der Waals surface area contributed by atoms with Crippen molar-refractivity contribution in [2.75, 3.05) is 19.3 Å². The summed E-state index contributed by atoms with van der Waals surface area (Å²) in [6, 6.07) is 9.18. The number of carbonyl (C=O) groups is 2. The third-order valence-corrected chi connectivity index (χ3v) is 8.57. The molecule has 1 aromatic carbocycles. The second-order valence-corrected chi connectivity index (χ2v) is 11.3. The zero-order valence-electron chi connectivity index (χ0n) is 18.5. The van der Waals surface area contributed by atoms with Gasteiger partial charge < -0.3 is 14.8 Å². The van der Waals surface area contributed by atoms with E-state index in [-0.39, 0.29) is 36.8 Å². The highest BCUT2D eigenvalue weighted by Crippen LogP contribution is 2.44. The molecule has 1 fully saturated rings. The summed E-state index contributed by atoms with van der Waals surface area (Å²) in [6.07, 6.45) is 2.29. The van der Waals surface area contributed by atoms with E-state index < -0.39 is 26.1 Å². The maximum atomic E-state index is 13.1. The Morgan fingerprint density at radius 1 is 1.09 bits per heavy atom. The van der Waals surface area contributed by atoms with Gasteiger partial charge in [-0.15, -0.1) is 0 Å². The van der Waals surface area contributed by atoms with Crippen molar-refractivity contribution in [3.8, 4) is 0 Å². The molecular weight excluding hydrogens is 430 g/mol. The Bertz CT molecular complexity index is 1260. The first-order valence-corrected chi connectivity index (χ1v) is 12.5. The normalized spacial score (nSPS) is 17.1. The minimum absolute atomic E-state index is 0.00518. The minimum atomic E-state index is -3.27. The van der Waals surface area contributed by atoms with Gasteiger partial charge in [-0.05, 0) is 43.9 Å². The quantitative estimate of drug-likeness (QED) is 0.706. The van der Waals surface area contributed by atoms with E-state index in [4.69, 9.17) is 0 Å². The fourth-order valence-corrected chi connectivity index (χ4v) is 5.44. The van der Waals surface area contributed by atoms with Crippen molar-refractivity contribution in [1.82, 2.24) is 14.8 Å². The summed E-state index contributed by atoms with van der Waals surface area (Å²) >= 11 is 0. The Balaban J connectivity index is 1.55. The minimum Gasteiger partial charge on any atom is -0.348 e. The van der Waals surface area contributed by atoms with Crippen LogP contribution >= 0.6 is 0 Å². The first-order valence-electron chi connectivity index (χ1n) is 10.6. The highest BCUT2D eigenvalue weighted by molar-refractivity contribution is 7.92. The smallest absolute Gasteiger partial charge is 0.270 e. The number of benzene rings is 1. The molecule has 0 saturated heterocycles. The van der Waals surface area contributed by atoms with Crippen LogP contribution in [0.15, 0.2) is 35.1 Å². The predicted molar refractivity (Wildman–Crippen MR) is 121 cm³/mol. The van der Waals surface area contributed by atoms with Crippen LogP contribution in [0, 0.1) is 13.8 Å². The molecule has 1 aliphatic carbocycles. The monoisotopic (exact) mass is 457 g/mol. The Morgan fingerprint density at radius 2 is 1.75 bits per heavy atom. The number of nitrogens with zero attached hydrogens (tertiary/aromatic N) is 2. The topological polar surface area (TPSA) is 106 Å². The van der Waals surface area contributed by atoms with Crippen LogP contribution in [0.25, 0.3) is 0 Å². The maximum Gasteiger partial charge on any atom is 0.270 e. The molecule has 1 aromatic heterocycles. The van der Waals surface area contributed by atoms with Crippen molar-refractivity contribution in [2.24, 2.45) is 0 Å². The molecule has 4 rings (SSSR count). The average Bonchev–Trinajstić information content (AvgIpc) is 3.52. The van der Waals surface area contributed by atoms with Gasteiger partial charge in [0.1, 0.15) is 11.3 Å². The summed E-state index contributed by atoms with van der Waals surface area (Å²) in [5, 5.41) is 2.77. The average molecular weight is 458 g/mol. The number of hydrogen-bond donors (Lipinski definition) is 1. The summed E-state index contributed by atoms with van der Waals surface area (Å²) in [4.78, 5) is 40.4. The van der Waals surface area contributed by atoms with E-state index in [0.717, 1.165) is 11.1 Å². The standard InChI is InChI=1S/C23H27N3O5S/c1-15-4-6-17(7-5-15)13-24-20(27)18-12-16(2)19-22(29)25(10-11-26(19)21(18)28)14-23(8-9-23)32(3,30)31/h4-7,12H,8-11,13-14H2,1-3H3,(H,24,27). The number of rotatable bonds is 6. The zero-order valence-corrected chi connectivity index (χ0v) is 19.3. The number of aromatic nitrogens is 1. The van der Waals surface area contributed by atoms with E-state index >= 15 is 0 Å². The van der Waals surface area contributed by atoms with Crippen LogP contribution in [-0.2, 0) is 22.9 Å². The summed E-state index contributed by atoms with van der Waals surface area (Å²) in [7, 11) is -3.27. The number of aryl methyl sites for hydroxylation is 2. The second-order valence-electron chi connectivity index (χ2n) is 8.90. The van der Waals surface area contributed by atoms with E-state index in [1.165, 1.54) is 21.8 Å². The SMILES string of the molecule is Cc1ccc(CNC(=O)c2cc(C)c3n(c2=O)CCN(CC2(S(C)(=O)=O)CC2)C3=O)cc1. The molecule has 170 valence electrons. The molecule has 0 unspecified atom stereocenters. The lowest BCUT2D eigenvalue weighted by Gasteiger charge is -2.33. The van der Waals surface area contributed by atoms with E-state index in [2.05, 4.69) is 5.32 Å². The number of carbonyl (C=O) groups excluding carboxylic acids is 2. The number of fused-ring (bicyclic) bond motifs is 1. The third-order valence-electron chi connectivity index (χ3n) is 6.45. The van der Waals surface area contributed by atoms with Gasteiger partial charge in [0, 0.05) is 32.4 Å². The first kappa shape index (κ1) is 22.3. The highest BCUT2D eigenvalue weighted by Gasteiger charge is 2.54. The van der Waals surface area contributed by atoms with Crippen molar-refractivity contribution >= 4 is 21.7 Å². The van der Waals surface area contributed by atoms with Gasteiger partial charge in [-0.3, -0.25) is 14.4 Å². The Kier molecular flexibility index (Phi) is 5.48. The molecule has 0 atom stereocenters. The van der Waals surface area contributed by atoms with Crippen molar-refractivity contribution in [3.05, 3.63) is 68.6 Å². The number of amides is 2. The lowest BCUT2D eigenvalue weighted by atomic mass is 10.1. The second kappa shape index (κ2) is 7.88. The van der Waals surface area contributed by atoms with Gasteiger partial charge in [-0.1, -0.05) is 29.8 Å². The lowest BCUT2D eigenvalue weighted by molar-refractivity contribution is 0.0693. The van der Waals surface area contributed by atoms with Crippen molar-refractivity contribution < 1.29 is 18.0 Å². The fourth-order valence-electron chi connectivity index (χ4n) is 4.21. The van der Waals surface area contributed by atoms with Gasteiger partial charge in [0.15, 0.2) is 9.84 Å². The van der Waals surface area contributed by atoms with Crippen LogP contribution in [0.1, 0.15) is 50.4 Å². The van der Waals surface area contributed by atoms with Gasteiger partial charge in [-0.25, -0.2) is 8.42 Å². The van der Waals surface area contributed by atoms with Gasteiger partial charge in [0.25, 0.3) is 17.4 Å². The van der Waals surface area contributed by atoms with E-state index in [1.807, 2.05) is 31.2 Å². The molecule has 0 spiro atoms. The molecule has 2 amide bonds. The predicted octanol–water partition coefficient (Wildman–Crippen LogP) is 1.43. The van der Waals surface area contributed by atoms with E-state index in [9.17, 15) is 22.8 Å². The molecule has 9 heteroatoms. The third kappa shape index (κ3) is 3.97. The fraction of sp³-hybridized carbons (Fsp3) is 0.435. The number of nitrogens with one attached hydrogen (secondary N) is 1. The first-order chi connectivity index (χ1) is 15.0. The zero-order chi connectivity index (χ0) is 23.3. The van der Waals surface area contributed by atoms with E-state index in [1.54, 1.807) is 6.92 Å². The number of sulfone groups is 1. The molecule has 0 bridgehead atoms. The molecular formula is C23H27N3O5S. The number of hydrogen-bond acceptors (Lipinski definition) is 5. The van der Waals surface area contributed by atoms with Gasteiger partial charge >= 0.3 is 0 Å². The van der Waals surface area contributed by atoms with Gasteiger partial charge in [0.05, 0.1) is 4.75 Å². The molecule has 0 radical (unpaired) electrons. The molecule has 1 saturated carbocycles. The van der Waals surface area contributed by atoms with Crippen LogP contribution in [0.4, 0.5) is 0 Å². The Labute approximate surface area is 187 Å². The summed E-state index contributed by atoms with van der Waals surface area (Å²) in [5.74, 6) is -0.856. The number of pyridine rings is 1.